The molecule has 0 radical (unpaired) electrons. The predicted molar refractivity (Wildman–Crippen MR) is 137 cm³/mol. The van der Waals surface area contributed by atoms with Crippen molar-refractivity contribution in [2.75, 3.05) is 19.0 Å². The fourth-order valence-electron chi connectivity index (χ4n) is 3.65. The Hall–Kier alpha value is -2.69. The molecule has 1 unspecified atom stereocenters. The first kappa shape index (κ1) is 22.0. The van der Waals surface area contributed by atoms with Crippen LogP contribution in [0.4, 0.5) is 11.4 Å². The highest BCUT2D eigenvalue weighted by Crippen LogP contribution is 2.43. The number of aliphatic imine (C=N–C) groups is 1. The topological polar surface area (TPSA) is 18.8 Å². The molecular formula is C26H31N3S. The van der Waals surface area contributed by atoms with Gasteiger partial charge in [-0.3, -0.25) is 9.30 Å². The molecule has 3 nitrogen and oxygen atoms in total. The number of aryl methyl sites for hydroxylation is 1. The van der Waals surface area contributed by atoms with Gasteiger partial charge in [0.2, 0.25) is 0 Å². The van der Waals surface area contributed by atoms with Crippen LogP contribution in [0, 0.1) is 6.92 Å². The van der Waals surface area contributed by atoms with Crippen LogP contribution in [0.15, 0.2) is 83.6 Å². The minimum absolute atomic E-state index is 0.0932. The van der Waals surface area contributed by atoms with E-state index in [9.17, 15) is 0 Å². The van der Waals surface area contributed by atoms with Gasteiger partial charge in [-0.15, -0.1) is 0 Å². The minimum Gasteiger partial charge on any atom is -0.311 e. The van der Waals surface area contributed by atoms with Crippen molar-refractivity contribution in [1.29, 1.82) is 0 Å². The Morgan fingerprint density at radius 3 is 2.40 bits per heavy atom. The molecule has 0 spiro atoms. The molecule has 2 aromatic rings. The number of anilines is 2. The van der Waals surface area contributed by atoms with Crippen LogP contribution in [0.2, 0.25) is 0 Å². The number of benzene rings is 2. The molecule has 0 fully saturated rings. The molecular weight excluding hydrogens is 386 g/mol. The third-order valence-electron chi connectivity index (χ3n) is 5.11. The second-order valence-corrected chi connectivity index (χ2v) is 9.30. The highest BCUT2D eigenvalue weighted by atomic mass is 32.2. The Kier molecular flexibility index (Phi) is 7.24. The second-order valence-electron chi connectivity index (χ2n) is 7.26. The zero-order valence-electron chi connectivity index (χ0n) is 18.6. The lowest BCUT2D eigenvalue weighted by molar-refractivity contribution is 0.706. The van der Waals surface area contributed by atoms with E-state index in [1.165, 1.54) is 21.7 Å². The molecule has 1 heterocycles. The number of rotatable bonds is 7. The van der Waals surface area contributed by atoms with Crippen LogP contribution in [-0.2, 0) is 0 Å². The molecule has 2 aromatic carbocycles. The van der Waals surface area contributed by atoms with Gasteiger partial charge in [0.25, 0.3) is 0 Å². The Bertz CT molecular complexity index is 1040. The number of nitrogens with zero attached hydrogens (tertiary/aromatic N) is 3. The van der Waals surface area contributed by atoms with Crippen molar-refractivity contribution in [3.8, 4) is 0 Å². The van der Waals surface area contributed by atoms with Gasteiger partial charge >= 0.3 is 0 Å². The van der Waals surface area contributed by atoms with E-state index in [2.05, 4.69) is 103 Å². The van der Waals surface area contributed by atoms with E-state index in [4.69, 9.17) is 0 Å². The zero-order valence-corrected chi connectivity index (χ0v) is 19.4. The third kappa shape index (κ3) is 4.40. The van der Waals surface area contributed by atoms with Crippen molar-refractivity contribution < 1.29 is 0 Å². The lowest BCUT2D eigenvalue weighted by atomic mass is 10.0. The van der Waals surface area contributed by atoms with Gasteiger partial charge in [-0.05, 0) is 81.2 Å². The minimum atomic E-state index is -0.0932. The van der Waals surface area contributed by atoms with Crippen LogP contribution in [-0.4, -0.2) is 30.0 Å². The van der Waals surface area contributed by atoms with Gasteiger partial charge < -0.3 is 4.90 Å². The normalized spacial score (nSPS) is 16.6. The van der Waals surface area contributed by atoms with Crippen molar-refractivity contribution in [2.45, 2.75) is 27.2 Å². The molecule has 0 bridgehead atoms. The highest BCUT2D eigenvalue weighted by molar-refractivity contribution is 8.21. The van der Waals surface area contributed by atoms with Gasteiger partial charge in [-0.2, -0.15) is 0 Å². The van der Waals surface area contributed by atoms with E-state index >= 15 is 0 Å². The molecule has 4 heteroatoms. The Labute approximate surface area is 183 Å². The maximum absolute atomic E-state index is 4.69. The SMILES string of the molecule is C=C/C(=C\C)N(c1ccccc1)c1ccc(C2=C(CC)N=CC=S2N(C)C)c(C)c1. The first-order valence-electron chi connectivity index (χ1n) is 10.3. The molecule has 0 amide bonds. The first-order valence-corrected chi connectivity index (χ1v) is 11.5. The highest BCUT2D eigenvalue weighted by Gasteiger charge is 2.20. The van der Waals surface area contributed by atoms with Crippen LogP contribution < -0.4 is 4.90 Å². The number of hydrogen-bond acceptors (Lipinski definition) is 3. The number of allylic oxidation sites excluding steroid dienone is 3. The van der Waals surface area contributed by atoms with Gasteiger partial charge in [0.15, 0.2) is 0 Å². The van der Waals surface area contributed by atoms with E-state index in [1.54, 1.807) is 0 Å². The van der Waals surface area contributed by atoms with Crippen molar-refractivity contribution in [2.24, 2.45) is 4.99 Å². The van der Waals surface area contributed by atoms with Crippen molar-refractivity contribution >= 4 is 38.5 Å². The number of hydrogen-bond donors (Lipinski definition) is 0. The van der Waals surface area contributed by atoms with E-state index in [-0.39, 0.29) is 10.7 Å². The quantitative estimate of drug-likeness (QED) is 0.359. The summed E-state index contributed by atoms with van der Waals surface area (Å²) >= 11 is 0. The molecule has 156 valence electrons. The molecule has 30 heavy (non-hydrogen) atoms. The Morgan fingerprint density at radius 1 is 1.10 bits per heavy atom. The first-order chi connectivity index (χ1) is 14.5. The zero-order chi connectivity index (χ0) is 21.7. The maximum atomic E-state index is 4.69. The average Bonchev–Trinajstić information content (AvgIpc) is 2.77. The molecule has 0 aromatic heterocycles. The molecule has 3 rings (SSSR count). The van der Waals surface area contributed by atoms with Gasteiger partial charge in [0.05, 0.1) is 5.70 Å². The predicted octanol–water partition coefficient (Wildman–Crippen LogP) is 6.93. The summed E-state index contributed by atoms with van der Waals surface area (Å²) in [4.78, 5) is 8.26. The van der Waals surface area contributed by atoms with Crippen LogP contribution in [0.25, 0.3) is 4.91 Å². The molecule has 0 aliphatic carbocycles. The summed E-state index contributed by atoms with van der Waals surface area (Å²) < 4.78 is 2.27. The monoisotopic (exact) mass is 417 g/mol. The van der Waals surface area contributed by atoms with E-state index in [1.807, 2.05) is 25.3 Å². The Morgan fingerprint density at radius 2 is 1.83 bits per heavy atom. The molecule has 0 N–H and O–H groups in total. The summed E-state index contributed by atoms with van der Waals surface area (Å²) in [6.45, 7) is 10.4. The smallest absolute Gasteiger partial charge is 0.0550 e. The van der Waals surface area contributed by atoms with Crippen LogP contribution in [0.5, 0.6) is 0 Å². The summed E-state index contributed by atoms with van der Waals surface area (Å²) in [6.07, 6.45) is 6.87. The van der Waals surface area contributed by atoms with Gasteiger partial charge in [0.1, 0.15) is 0 Å². The molecule has 0 saturated heterocycles. The Balaban J connectivity index is 2.14. The van der Waals surface area contributed by atoms with Gasteiger partial charge in [0, 0.05) is 28.2 Å². The third-order valence-corrected chi connectivity index (χ3v) is 7.15. The van der Waals surface area contributed by atoms with E-state index in [0.717, 1.165) is 23.5 Å². The molecule has 1 aliphatic rings. The molecule has 1 aliphatic heterocycles. The fourth-order valence-corrected chi connectivity index (χ4v) is 5.47. The lowest BCUT2D eigenvalue weighted by Gasteiger charge is -2.28. The summed E-state index contributed by atoms with van der Waals surface area (Å²) in [6, 6.07) is 17.2. The van der Waals surface area contributed by atoms with Crippen LogP contribution in [0.3, 0.4) is 0 Å². The van der Waals surface area contributed by atoms with Crippen molar-refractivity contribution in [3.63, 3.8) is 0 Å². The van der Waals surface area contributed by atoms with Crippen LogP contribution >= 0.6 is 10.7 Å². The summed E-state index contributed by atoms with van der Waals surface area (Å²) in [7, 11) is 4.18. The average molecular weight is 418 g/mol. The van der Waals surface area contributed by atoms with E-state index in [0.29, 0.717) is 0 Å². The largest absolute Gasteiger partial charge is 0.311 e. The van der Waals surface area contributed by atoms with E-state index < -0.39 is 0 Å². The van der Waals surface area contributed by atoms with Gasteiger partial charge in [-0.25, -0.2) is 0 Å². The van der Waals surface area contributed by atoms with Gasteiger partial charge in [-0.1, -0.05) is 54.5 Å². The number of para-hydroxylation sites is 1. The molecule has 1 atom stereocenters. The standard InChI is InChI=1S/C26H31N3S/c1-7-21(8-2)29(22-13-11-10-12-14-22)23-15-16-24(20(4)19-23)26-25(9-3)27-17-18-30(26)28(5)6/h7-8,10-19H,1,9H2,2-6H3/b21-8+. The van der Waals surface area contributed by atoms with Crippen molar-refractivity contribution in [3.05, 3.63) is 89.8 Å². The van der Waals surface area contributed by atoms with Crippen LogP contribution in [0.1, 0.15) is 31.4 Å². The summed E-state index contributed by atoms with van der Waals surface area (Å²) in [5.41, 5.74) is 7.00. The molecule has 0 saturated carbocycles. The second kappa shape index (κ2) is 9.88. The summed E-state index contributed by atoms with van der Waals surface area (Å²) in [5, 5.41) is 2.20. The van der Waals surface area contributed by atoms with Crippen molar-refractivity contribution in [1.82, 2.24) is 4.31 Å². The lowest BCUT2D eigenvalue weighted by Crippen LogP contribution is -2.15. The summed E-state index contributed by atoms with van der Waals surface area (Å²) in [5.74, 6) is 0. The fraction of sp³-hybridized carbons (Fsp3) is 0.231. The maximum Gasteiger partial charge on any atom is 0.0550 e.